The fourth-order valence-electron chi connectivity index (χ4n) is 2.96. The van der Waals surface area contributed by atoms with E-state index in [2.05, 4.69) is 16.9 Å². The maximum Gasteiger partial charge on any atom is 0.340 e. The molecular weight excluding hydrogens is 356 g/mol. The molecule has 0 radical (unpaired) electrons. The SMILES string of the molecule is C=C(C)COc1cc(C)cc2oc(=O)c(CC(=O)Nc3cccnc3)c(C)c12. The average molecular weight is 378 g/mol. The molecule has 3 aromatic rings. The number of rotatable bonds is 6. The van der Waals surface area contributed by atoms with Crippen LogP contribution in [0.4, 0.5) is 5.69 Å². The van der Waals surface area contributed by atoms with Gasteiger partial charge in [-0.3, -0.25) is 9.78 Å². The largest absolute Gasteiger partial charge is 0.488 e. The predicted molar refractivity (Wildman–Crippen MR) is 109 cm³/mol. The molecule has 0 saturated carbocycles. The molecule has 0 saturated heterocycles. The molecule has 0 aliphatic heterocycles. The summed E-state index contributed by atoms with van der Waals surface area (Å²) in [6.07, 6.45) is 3.05. The number of aromatic nitrogens is 1. The number of ether oxygens (including phenoxy) is 1. The van der Waals surface area contributed by atoms with E-state index >= 15 is 0 Å². The zero-order chi connectivity index (χ0) is 20.3. The maximum atomic E-state index is 12.5. The van der Waals surface area contributed by atoms with Crippen LogP contribution in [-0.4, -0.2) is 17.5 Å². The fraction of sp³-hybridized carbons (Fsp3) is 0.227. The Bertz CT molecular complexity index is 1100. The van der Waals surface area contributed by atoms with E-state index in [1.165, 1.54) is 0 Å². The van der Waals surface area contributed by atoms with Gasteiger partial charge in [0.15, 0.2) is 0 Å². The normalized spacial score (nSPS) is 10.7. The maximum absolute atomic E-state index is 12.5. The molecule has 144 valence electrons. The van der Waals surface area contributed by atoms with Crippen molar-refractivity contribution in [3.05, 3.63) is 75.9 Å². The van der Waals surface area contributed by atoms with Crippen molar-refractivity contribution in [3.63, 3.8) is 0 Å². The molecule has 6 nitrogen and oxygen atoms in total. The molecule has 1 N–H and O–H groups in total. The van der Waals surface area contributed by atoms with E-state index in [1.807, 2.05) is 19.9 Å². The summed E-state index contributed by atoms with van der Waals surface area (Å²) in [6.45, 7) is 9.78. The van der Waals surface area contributed by atoms with E-state index < -0.39 is 5.63 Å². The molecule has 1 amide bonds. The second kappa shape index (κ2) is 8.08. The van der Waals surface area contributed by atoms with Crippen LogP contribution in [0, 0.1) is 13.8 Å². The number of anilines is 1. The highest BCUT2D eigenvalue weighted by Crippen LogP contribution is 2.31. The van der Waals surface area contributed by atoms with Crippen LogP contribution in [0.5, 0.6) is 5.75 Å². The first-order chi connectivity index (χ1) is 13.3. The Balaban J connectivity index is 1.99. The number of nitrogens with zero attached hydrogens (tertiary/aromatic N) is 1. The highest BCUT2D eigenvalue weighted by molar-refractivity contribution is 5.94. The molecular formula is C22H22N2O4. The fourth-order valence-corrected chi connectivity index (χ4v) is 2.96. The Kier molecular flexibility index (Phi) is 5.59. The smallest absolute Gasteiger partial charge is 0.340 e. The minimum absolute atomic E-state index is 0.104. The first-order valence-electron chi connectivity index (χ1n) is 8.89. The Hall–Kier alpha value is -3.41. The molecule has 0 unspecified atom stereocenters. The summed E-state index contributed by atoms with van der Waals surface area (Å²) < 4.78 is 11.4. The first kappa shape index (κ1) is 19.4. The molecule has 0 aliphatic carbocycles. The number of amides is 1. The Morgan fingerprint density at radius 2 is 2.11 bits per heavy atom. The van der Waals surface area contributed by atoms with Gasteiger partial charge in [-0.05, 0) is 61.7 Å². The number of pyridine rings is 1. The first-order valence-corrected chi connectivity index (χ1v) is 8.89. The van der Waals surface area contributed by atoms with E-state index in [0.717, 1.165) is 11.1 Å². The molecule has 6 heteroatoms. The van der Waals surface area contributed by atoms with Crippen molar-refractivity contribution in [2.24, 2.45) is 0 Å². The van der Waals surface area contributed by atoms with Crippen molar-refractivity contribution >= 4 is 22.6 Å². The molecule has 0 atom stereocenters. The van der Waals surface area contributed by atoms with Gasteiger partial charge >= 0.3 is 5.63 Å². The van der Waals surface area contributed by atoms with Gasteiger partial charge in [0.1, 0.15) is 17.9 Å². The van der Waals surface area contributed by atoms with E-state index in [9.17, 15) is 9.59 Å². The lowest BCUT2D eigenvalue weighted by Gasteiger charge is -2.14. The third-order valence-corrected chi connectivity index (χ3v) is 4.24. The van der Waals surface area contributed by atoms with Crippen LogP contribution in [0.1, 0.15) is 23.6 Å². The molecule has 0 fully saturated rings. The molecule has 0 aliphatic rings. The van der Waals surface area contributed by atoms with Gasteiger partial charge in [-0.2, -0.15) is 0 Å². The lowest BCUT2D eigenvalue weighted by molar-refractivity contribution is -0.115. The molecule has 0 bridgehead atoms. The van der Waals surface area contributed by atoms with Crippen LogP contribution in [0.25, 0.3) is 11.0 Å². The minimum atomic E-state index is -0.525. The zero-order valence-corrected chi connectivity index (χ0v) is 16.2. The number of aryl methyl sites for hydroxylation is 2. The second-order valence-electron chi connectivity index (χ2n) is 6.84. The van der Waals surface area contributed by atoms with Gasteiger partial charge in [0, 0.05) is 6.20 Å². The lowest BCUT2D eigenvalue weighted by atomic mass is 10.0. The Morgan fingerprint density at radius 1 is 1.32 bits per heavy atom. The number of carbonyl (C=O) groups excluding carboxylic acids is 1. The summed E-state index contributed by atoms with van der Waals surface area (Å²) >= 11 is 0. The number of hydrogen-bond acceptors (Lipinski definition) is 5. The van der Waals surface area contributed by atoms with Gasteiger partial charge in [-0.25, -0.2) is 4.79 Å². The van der Waals surface area contributed by atoms with Gasteiger partial charge in [-0.15, -0.1) is 0 Å². The molecule has 0 spiro atoms. The van der Waals surface area contributed by atoms with Crippen LogP contribution in [0.15, 0.2) is 58.0 Å². The van der Waals surface area contributed by atoms with E-state index in [0.29, 0.717) is 40.1 Å². The van der Waals surface area contributed by atoms with Crippen LogP contribution in [0.2, 0.25) is 0 Å². The highest BCUT2D eigenvalue weighted by atomic mass is 16.5. The summed E-state index contributed by atoms with van der Waals surface area (Å²) in [5, 5.41) is 3.42. The Labute approximate surface area is 162 Å². The highest BCUT2D eigenvalue weighted by Gasteiger charge is 2.18. The van der Waals surface area contributed by atoms with Crippen molar-refractivity contribution in [1.82, 2.24) is 4.98 Å². The van der Waals surface area contributed by atoms with Crippen LogP contribution in [0.3, 0.4) is 0 Å². The quantitative estimate of drug-likeness (QED) is 0.519. The number of fused-ring (bicyclic) bond motifs is 1. The molecule has 3 rings (SSSR count). The van der Waals surface area contributed by atoms with Crippen molar-refractivity contribution < 1.29 is 13.9 Å². The van der Waals surface area contributed by atoms with Crippen molar-refractivity contribution in [2.75, 3.05) is 11.9 Å². The monoisotopic (exact) mass is 378 g/mol. The summed E-state index contributed by atoms with van der Waals surface area (Å²) in [6, 6.07) is 7.13. The summed E-state index contributed by atoms with van der Waals surface area (Å²) in [5.74, 6) is 0.285. The molecule has 28 heavy (non-hydrogen) atoms. The van der Waals surface area contributed by atoms with Crippen molar-refractivity contribution in [2.45, 2.75) is 27.2 Å². The molecule has 1 aromatic carbocycles. The zero-order valence-electron chi connectivity index (χ0n) is 16.2. The molecule has 2 heterocycles. The summed E-state index contributed by atoms with van der Waals surface area (Å²) in [7, 11) is 0. The predicted octanol–water partition coefficient (Wildman–Crippen LogP) is 3.94. The van der Waals surface area contributed by atoms with Gasteiger partial charge in [-0.1, -0.05) is 6.58 Å². The van der Waals surface area contributed by atoms with Gasteiger partial charge in [0.25, 0.3) is 0 Å². The minimum Gasteiger partial charge on any atom is -0.488 e. The van der Waals surface area contributed by atoms with E-state index in [1.54, 1.807) is 37.5 Å². The van der Waals surface area contributed by atoms with Gasteiger partial charge < -0.3 is 14.5 Å². The number of carbonyl (C=O) groups is 1. The third-order valence-electron chi connectivity index (χ3n) is 4.24. The number of benzene rings is 1. The number of nitrogens with one attached hydrogen (secondary N) is 1. The van der Waals surface area contributed by atoms with Crippen LogP contribution in [-0.2, 0) is 11.2 Å². The molecule has 2 aromatic heterocycles. The second-order valence-corrected chi connectivity index (χ2v) is 6.84. The van der Waals surface area contributed by atoms with Gasteiger partial charge in [0.05, 0.1) is 29.3 Å². The third kappa shape index (κ3) is 4.28. The Morgan fingerprint density at radius 3 is 2.79 bits per heavy atom. The van der Waals surface area contributed by atoms with Crippen molar-refractivity contribution in [3.8, 4) is 5.75 Å². The van der Waals surface area contributed by atoms with Crippen LogP contribution < -0.4 is 15.7 Å². The summed E-state index contributed by atoms with van der Waals surface area (Å²) in [5.41, 5.74) is 3.24. The van der Waals surface area contributed by atoms with Gasteiger partial charge in [0.2, 0.25) is 5.91 Å². The standard InChI is InChI=1S/C22H22N2O4/c1-13(2)12-27-18-8-14(3)9-19-21(18)15(4)17(22(26)28-19)10-20(25)24-16-6-5-7-23-11-16/h5-9,11H,1,10,12H2,2-4H3,(H,24,25). The topological polar surface area (TPSA) is 81.4 Å². The number of hydrogen-bond donors (Lipinski definition) is 1. The van der Waals surface area contributed by atoms with E-state index in [-0.39, 0.29) is 12.3 Å². The average Bonchev–Trinajstić information content (AvgIpc) is 2.63. The lowest BCUT2D eigenvalue weighted by Crippen LogP contribution is -2.21. The van der Waals surface area contributed by atoms with Crippen molar-refractivity contribution in [1.29, 1.82) is 0 Å². The summed E-state index contributed by atoms with van der Waals surface area (Å²) in [4.78, 5) is 28.9. The van der Waals surface area contributed by atoms with E-state index in [4.69, 9.17) is 9.15 Å². The van der Waals surface area contributed by atoms with Crippen LogP contribution >= 0.6 is 0 Å².